The standard InChI is InChI=1S/C23H24ClNO3/c1-14-12-16-6-5-11-25-21(16)20(15-7-9-17(24)10-8-15)19(14)18(26)13-28-22(27)23(2,3)4/h5-12,18,26H,13H2,1-4H3/t18-/m1/s1. The highest BCUT2D eigenvalue weighted by Crippen LogP contribution is 2.37. The van der Waals surface area contributed by atoms with Gasteiger partial charge in [-0.15, -0.1) is 0 Å². The molecule has 0 aliphatic heterocycles. The summed E-state index contributed by atoms with van der Waals surface area (Å²) in [5.74, 6) is -0.351. The molecule has 2 aromatic carbocycles. The van der Waals surface area contributed by atoms with E-state index in [1.165, 1.54) is 0 Å². The summed E-state index contributed by atoms with van der Waals surface area (Å²) in [4.78, 5) is 16.7. The molecule has 0 aliphatic carbocycles. The number of carbonyl (C=O) groups excluding carboxylic acids is 1. The number of hydrogen-bond donors (Lipinski definition) is 1. The van der Waals surface area contributed by atoms with Crippen molar-refractivity contribution in [2.75, 3.05) is 6.61 Å². The van der Waals surface area contributed by atoms with Crippen molar-refractivity contribution in [3.63, 3.8) is 0 Å². The quantitative estimate of drug-likeness (QED) is 0.591. The number of carbonyl (C=O) groups is 1. The van der Waals surface area contributed by atoms with Gasteiger partial charge in [0.15, 0.2) is 0 Å². The largest absolute Gasteiger partial charge is 0.462 e. The molecule has 5 heteroatoms. The summed E-state index contributed by atoms with van der Waals surface area (Å²) in [5, 5.41) is 12.6. The lowest BCUT2D eigenvalue weighted by Crippen LogP contribution is -2.25. The second kappa shape index (κ2) is 7.90. The van der Waals surface area contributed by atoms with Gasteiger partial charge in [-0.05, 0) is 68.7 Å². The number of aliphatic hydroxyl groups excluding tert-OH is 1. The molecule has 4 nitrogen and oxygen atoms in total. The van der Waals surface area contributed by atoms with E-state index in [0.717, 1.165) is 27.6 Å². The molecule has 0 aliphatic rings. The average Bonchev–Trinajstić information content (AvgIpc) is 2.64. The molecule has 1 aromatic heterocycles. The highest BCUT2D eigenvalue weighted by molar-refractivity contribution is 6.30. The van der Waals surface area contributed by atoms with E-state index in [1.807, 2.05) is 49.4 Å². The van der Waals surface area contributed by atoms with Crippen molar-refractivity contribution in [1.29, 1.82) is 0 Å². The third kappa shape index (κ3) is 4.18. The predicted molar refractivity (Wildman–Crippen MR) is 112 cm³/mol. The number of aliphatic hydroxyl groups is 1. The SMILES string of the molecule is Cc1cc2cccnc2c(-c2ccc(Cl)cc2)c1[C@H](O)COC(=O)C(C)(C)C. The van der Waals surface area contributed by atoms with Crippen LogP contribution in [0.5, 0.6) is 0 Å². The van der Waals surface area contributed by atoms with E-state index in [-0.39, 0.29) is 12.6 Å². The van der Waals surface area contributed by atoms with E-state index >= 15 is 0 Å². The molecule has 1 N–H and O–H groups in total. The molecule has 0 fully saturated rings. The van der Waals surface area contributed by atoms with Crippen molar-refractivity contribution >= 4 is 28.5 Å². The molecule has 0 radical (unpaired) electrons. The topological polar surface area (TPSA) is 59.4 Å². The number of ether oxygens (including phenoxy) is 1. The van der Waals surface area contributed by atoms with Gasteiger partial charge in [-0.25, -0.2) is 0 Å². The molecule has 28 heavy (non-hydrogen) atoms. The van der Waals surface area contributed by atoms with Crippen molar-refractivity contribution in [3.05, 3.63) is 64.8 Å². The lowest BCUT2D eigenvalue weighted by Gasteiger charge is -2.22. The van der Waals surface area contributed by atoms with Crippen LogP contribution in [0.25, 0.3) is 22.0 Å². The Morgan fingerprint density at radius 2 is 1.89 bits per heavy atom. The number of benzene rings is 2. The zero-order valence-corrected chi connectivity index (χ0v) is 17.2. The molecule has 0 saturated carbocycles. The zero-order chi connectivity index (χ0) is 20.5. The van der Waals surface area contributed by atoms with E-state index in [0.29, 0.717) is 10.6 Å². The van der Waals surface area contributed by atoms with Gasteiger partial charge in [-0.1, -0.05) is 29.8 Å². The first kappa shape index (κ1) is 20.3. The van der Waals surface area contributed by atoms with Crippen LogP contribution in [-0.2, 0) is 9.53 Å². The third-order valence-electron chi connectivity index (χ3n) is 4.59. The Morgan fingerprint density at radius 1 is 1.21 bits per heavy atom. The van der Waals surface area contributed by atoms with Crippen molar-refractivity contribution in [1.82, 2.24) is 4.98 Å². The Kier molecular flexibility index (Phi) is 5.73. The molecule has 0 unspecified atom stereocenters. The van der Waals surface area contributed by atoms with Crippen molar-refractivity contribution < 1.29 is 14.6 Å². The maximum absolute atomic E-state index is 12.1. The highest BCUT2D eigenvalue weighted by Gasteiger charge is 2.26. The van der Waals surface area contributed by atoms with Crippen LogP contribution in [0.2, 0.25) is 5.02 Å². The van der Waals surface area contributed by atoms with Gasteiger partial charge in [0.05, 0.1) is 10.9 Å². The third-order valence-corrected chi connectivity index (χ3v) is 4.84. The number of rotatable bonds is 4. The number of esters is 1. The van der Waals surface area contributed by atoms with Crippen molar-refractivity contribution in [2.45, 2.75) is 33.8 Å². The molecule has 146 valence electrons. The van der Waals surface area contributed by atoms with Gasteiger partial charge in [0.25, 0.3) is 0 Å². The zero-order valence-electron chi connectivity index (χ0n) is 16.5. The molecule has 3 rings (SSSR count). The van der Waals surface area contributed by atoms with Gasteiger partial charge in [0, 0.05) is 22.2 Å². The van der Waals surface area contributed by atoms with E-state index in [1.54, 1.807) is 27.0 Å². The maximum atomic E-state index is 12.1. The number of halogens is 1. The lowest BCUT2D eigenvalue weighted by atomic mass is 9.89. The molecule has 0 amide bonds. The summed E-state index contributed by atoms with van der Waals surface area (Å²) in [5.41, 5.74) is 3.49. The lowest BCUT2D eigenvalue weighted by molar-refractivity contribution is -0.156. The molecular formula is C23H24ClNO3. The van der Waals surface area contributed by atoms with E-state index in [4.69, 9.17) is 16.3 Å². The van der Waals surface area contributed by atoms with Crippen LogP contribution in [0.15, 0.2) is 48.7 Å². The minimum Gasteiger partial charge on any atom is -0.462 e. The Labute approximate surface area is 170 Å². The average molecular weight is 398 g/mol. The molecule has 0 saturated heterocycles. The second-order valence-electron chi connectivity index (χ2n) is 7.93. The normalized spacial score (nSPS) is 12.8. The fraction of sp³-hybridized carbons (Fsp3) is 0.304. The van der Waals surface area contributed by atoms with Crippen LogP contribution < -0.4 is 0 Å². The Morgan fingerprint density at radius 3 is 2.54 bits per heavy atom. The predicted octanol–water partition coefficient (Wildman–Crippen LogP) is 5.49. The number of fused-ring (bicyclic) bond motifs is 1. The first-order chi connectivity index (χ1) is 13.2. The Bertz CT molecular complexity index is 1010. The number of pyridine rings is 1. The molecule has 3 aromatic rings. The number of nitrogens with zero attached hydrogens (tertiary/aromatic N) is 1. The summed E-state index contributed by atoms with van der Waals surface area (Å²) in [6, 6.07) is 13.3. The summed E-state index contributed by atoms with van der Waals surface area (Å²) in [6.07, 6.45) is 0.760. The summed E-state index contributed by atoms with van der Waals surface area (Å²) >= 11 is 6.06. The van der Waals surface area contributed by atoms with Crippen LogP contribution in [0.3, 0.4) is 0 Å². The summed E-state index contributed by atoms with van der Waals surface area (Å²) < 4.78 is 5.37. The highest BCUT2D eigenvalue weighted by atomic mass is 35.5. The molecular weight excluding hydrogens is 374 g/mol. The number of aryl methyl sites for hydroxylation is 1. The smallest absolute Gasteiger partial charge is 0.311 e. The Balaban J connectivity index is 2.10. The van der Waals surface area contributed by atoms with Gasteiger partial charge in [0.1, 0.15) is 12.7 Å². The van der Waals surface area contributed by atoms with Gasteiger partial charge in [-0.3, -0.25) is 9.78 Å². The first-order valence-electron chi connectivity index (χ1n) is 9.18. The van der Waals surface area contributed by atoms with E-state index in [2.05, 4.69) is 4.98 Å². The fourth-order valence-corrected chi connectivity index (χ4v) is 3.30. The van der Waals surface area contributed by atoms with Gasteiger partial charge in [0.2, 0.25) is 0 Å². The minimum atomic E-state index is -0.969. The number of aromatic nitrogens is 1. The first-order valence-corrected chi connectivity index (χ1v) is 9.55. The summed E-state index contributed by atoms with van der Waals surface area (Å²) in [6.45, 7) is 7.18. The minimum absolute atomic E-state index is 0.115. The van der Waals surface area contributed by atoms with Crippen LogP contribution in [0.1, 0.15) is 38.0 Å². The van der Waals surface area contributed by atoms with Crippen LogP contribution in [-0.4, -0.2) is 22.7 Å². The molecule has 1 atom stereocenters. The van der Waals surface area contributed by atoms with Crippen LogP contribution in [0.4, 0.5) is 0 Å². The monoisotopic (exact) mass is 397 g/mol. The van der Waals surface area contributed by atoms with Crippen molar-refractivity contribution in [3.8, 4) is 11.1 Å². The molecule has 0 bridgehead atoms. The van der Waals surface area contributed by atoms with Gasteiger partial charge < -0.3 is 9.84 Å². The van der Waals surface area contributed by atoms with E-state index < -0.39 is 11.5 Å². The van der Waals surface area contributed by atoms with E-state index in [9.17, 15) is 9.90 Å². The number of hydrogen-bond acceptors (Lipinski definition) is 4. The fourth-order valence-electron chi connectivity index (χ4n) is 3.17. The Hall–Kier alpha value is -2.43. The van der Waals surface area contributed by atoms with Gasteiger partial charge >= 0.3 is 5.97 Å². The maximum Gasteiger partial charge on any atom is 0.311 e. The second-order valence-corrected chi connectivity index (χ2v) is 8.36. The summed E-state index contributed by atoms with van der Waals surface area (Å²) in [7, 11) is 0. The molecule has 1 heterocycles. The van der Waals surface area contributed by atoms with Crippen LogP contribution >= 0.6 is 11.6 Å². The van der Waals surface area contributed by atoms with Crippen LogP contribution in [0, 0.1) is 12.3 Å². The van der Waals surface area contributed by atoms with Gasteiger partial charge in [-0.2, -0.15) is 0 Å². The molecule has 0 spiro atoms. The van der Waals surface area contributed by atoms with Crippen molar-refractivity contribution in [2.24, 2.45) is 5.41 Å².